The molecule has 6 heteroatoms. The van der Waals surface area contributed by atoms with E-state index < -0.39 is 34.9 Å². The van der Waals surface area contributed by atoms with Gasteiger partial charge in [-0.1, -0.05) is 6.07 Å². The Kier molecular flexibility index (Phi) is 4.24. The maximum atomic E-state index is 13.4. The summed E-state index contributed by atoms with van der Waals surface area (Å²) in [5.41, 5.74) is -0.421. The molecule has 0 saturated heterocycles. The Labute approximate surface area is 112 Å². The number of rotatable bonds is 4. The number of nitrogens with one attached hydrogen (secondary N) is 1. The topological polar surface area (TPSA) is 32.3 Å². The summed E-state index contributed by atoms with van der Waals surface area (Å²) in [6.07, 6.45) is -1.48. The summed E-state index contributed by atoms with van der Waals surface area (Å²) in [6, 6.07) is 5.92. The molecule has 0 aromatic heterocycles. The van der Waals surface area contributed by atoms with Crippen molar-refractivity contribution in [3.8, 4) is 0 Å². The van der Waals surface area contributed by atoms with Gasteiger partial charge in [0.05, 0.1) is 5.56 Å². The minimum Gasteiger partial charge on any atom is -0.386 e. The van der Waals surface area contributed by atoms with Crippen LogP contribution in [0.2, 0.25) is 0 Å². The maximum absolute atomic E-state index is 13.4. The zero-order valence-corrected chi connectivity index (χ0v) is 10.2. The van der Waals surface area contributed by atoms with E-state index in [-0.39, 0.29) is 12.2 Å². The van der Waals surface area contributed by atoms with Crippen LogP contribution in [0, 0.1) is 23.3 Å². The van der Waals surface area contributed by atoms with E-state index >= 15 is 0 Å². The van der Waals surface area contributed by atoms with E-state index in [1.54, 1.807) is 0 Å². The highest BCUT2D eigenvalue weighted by molar-refractivity contribution is 5.44. The summed E-state index contributed by atoms with van der Waals surface area (Å²) in [4.78, 5) is 0. The fourth-order valence-electron chi connectivity index (χ4n) is 1.80. The molecule has 0 aliphatic heterocycles. The lowest BCUT2D eigenvalue weighted by molar-refractivity contribution is 0.181. The van der Waals surface area contributed by atoms with Crippen molar-refractivity contribution in [1.82, 2.24) is 0 Å². The second-order valence-corrected chi connectivity index (χ2v) is 4.19. The van der Waals surface area contributed by atoms with Crippen LogP contribution in [0.25, 0.3) is 0 Å². The molecule has 0 radical (unpaired) electrons. The van der Waals surface area contributed by atoms with Gasteiger partial charge in [0, 0.05) is 18.3 Å². The van der Waals surface area contributed by atoms with Gasteiger partial charge < -0.3 is 10.4 Å². The van der Waals surface area contributed by atoms with E-state index in [0.29, 0.717) is 6.07 Å². The van der Waals surface area contributed by atoms with E-state index in [1.807, 2.05) is 0 Å². The van der Waals surface area contributed by atoms with Crippen molar-refractivity contribution in [2.45, 2.75) is 6.10 Å². The summed E-state index contributed by atoms with van der Waals surface area (Å²) in [5, 5.41) is 12.3. The van der Waals surface area contributed by atoms with Crippen LogP contribution in [0.5, 0.6) is 0 Å². The molecule has 2 N–H and O–H groups in total. The first-order valence-corrected chi connectivity index (χ1v) is 5.79. The second-order valence-electron chi connectivity index (χ2n) is 4.19. The highest BCUT2D eigenvalue weighted by Gasteiger charge is 2.17. The van der Waals surface area contributed by atoms with Crippen molar-refractivity contribution in [2.75, 3.05) is 11.9 Å². The lowest BCUT2D eigenvalue weighted by Crippen LogP contribution is -2.15. The molecule has 2 rings (SSSR count). The molecular formula is C14H11F4NO. The van der Waals surface area contributed by atoms with Gasteiger partial charge >= 0.3 is 0 Å². The van der Waals surface area contributed by atoms with Crippen molar-refractivity contribution in [3.63, 3.8) is 0 Å². The number of aliphatic hydroxyl groups is 1. The normalized spacial score (nSPS) is 12.2. The number of anilines is 1. The molecule has 0 spiro atoms. The van der Waals surface area contributed by atoms with Gasteiger partial charge in [-0.3, -0.25) is 0 Å². The van der Waals surface area contributed by atoms with E-state index in [1.165, 1.54) is 6.07 Å². The van der Waals surface area contributed by atoms with Gasteiger partial charge in [0.1, 0.15) is 29.4 Å². The van der Waals surface area contributed by atoms with E-state index in [2.05, 4.69) is 5.32 Å². The van der Waals surface area contributed by atoms with Crippen LogP contribution in [0.1, 0.15) is 11.7 Å². The van der Waals surface area contributed by atoms with Crippen LogP contribution >= 0.6 is 0 Å². The summed E-state index contributed by atoms with van der Waals surface area (Å²) in [5.74, 6) is -3.35. The molecule has 0 fully saturated rings. The molecule has 0 amide bonds. The molecule has 106 valence electrons. The first-order valence-electron chi connectivity index (χ1n) is 5.79. The Morgan fingerprint density at radius 2 is 1.50 bits per heavy atom. The van der Waals surface area contributed by atoms with Crippen LogP contribution in [0.3, 0.4) is 0 Å². The minimum absolute atomic E-state index is 0.0679. The van der Waals surface area contributed by atoms with Crippen LogP contribution in [0.4, 0.5) is 23.2 Å². The van der Waals surface area contributed by atoms with Gasteiger partial charge in [-0.2, -0.15) is 0 Å². The summed E-state index contributed by atoms with van der Waals surface area (Å²) >= 11 is 0. The average molecular weight is 285 g/mol. The largest absolute Gasteiger partial charge is 0.386 e. The Hall–Kier alpha value is -2.08. The van der Waals surface area contributed by atoms with Gasteiger partial charge in [0.15, 0.2) is 0 Å². The molecular weight excluding hydrogens is 274 g/mol. The number of benzene rings is 2. The van der Waals surface area contributed by atoms with E-state index in [0.717, 1.165) is 24.3 Å². The lowest BCUT2D eigenvalue weighted by Gasteiger charge is -2.14. The Bertz CT molecular complexity index is 578. The van der Waals surface area contributed by atoms with Gasteiger partial charge in [0.25, 0.3) is 0 Å². The quantitative estimate of drug-likeness (QED) is 0.844. The van der Waals surface area contributed by atoms with Gasteiger partial charge in [-0.15, -0.1) is 0 Å². The number of hydrogen-bond acceptors (Lipinski definition) is 2. The highest BCUT2D eigenvalue weighted by Crippen LogP contribution is 2.21. The second kappa shape index (κ2) is 5.92. The maximum Gasteiger partial charge on any atom is 0.132 e. The van der Waals surface area contributed by atoms with E-state index in [9.17, 15) is 22.7 Å². The summed E-state index contributed by atoms with van der Waals surface area (Å²) < 4.78 is 52.7. The summed E-state index contributed by atoms with van der Waals surface area (Å²) in [6.45, 7) is -0.291. The zero-order chi connectivity index (χ0) is 14.7. The third-order valence-corrected chi connectivity index (χ3v) is 2.70. The van der Waals surface area contributed by atoms with Gasteiger partial charge in [-0.05, 0) is 24.3 Å². The molecule has 20 heavy (non-hydrogen) atoms. The third kappa shape index (κ3) is 3.27. The van der Waals surface area contributed by atoms with Crippen molar-refractivity contribution in [2.24, 2.45) is 0 Å². The monoisotopic (exact) mass is 285 g/mol. The first-order chi connectivity index (χ1) is 9.47. The minimum atomic E-state index is -1.48. The third-order valence-electron chi connectivity index (χ3n) is 2.70. The summed E-state index contributed by atoms with van der Waals surface area (Å²) in [7, 11) is 0. The number of hydrogen-bond donors (Lipinski definition) is 2. The van der Waals surface area contributed by atoms with Crippen LogP contribution < -0.4 is 5.32 Å². The molecule has 2 aromatic carbocycles. The van der Waals surface area contributed by atoms with Crippen LogP contribution in [-0.4, -0.2) is 11.7 Å². The standard InChI is InChI=1S/C14H11F4NO/c15-8-4-9(16)6-10(5-8)19-7-13(20)14-11(17)2-1-3-12(14)18/h1-6,13,19-20H,7H2. The predicted octanol–water partition coefficient (Wildman–Crippen LogP) is 3.39. The van der Waals surface area contributed by atoms with E-state index in [4.69, 9.17) is 0 Å². The van der Waals surface area contributed by atoms with Crippen molar-refractivity contribution in [3.05, 3.63) is 65.2 Å². The van der Waals surface area contributed by atoms with Crippen molar-refractivity contribution >= 4 is 5.69 Å². The Balaban J connectivity index is 2.10. The van der Waals surface area contributed by atoms with Crippen molar-refractivity contribution < 1.29 is 22.7 Å². The van der Waals surface area contributed by atoms with Crippen LogP contribution in [-0.2, 0) is 0 Å². The molecule has 2 aromatic rings. The molecule has 1 unspecified atom stereocenters. The number of halogens is 4. The molecule has 0 bridgehead atoms. The highest BCUT2D eigenvalue weighted by atomic mass is 19.1. The Morgan fingerprint density at radius 1 is 0.950 bits per heavy atom. The van der Waals surface area contributed by atoms with Crippen molar-refractivity contribution in [1.29, 1.82) is 0 Å². The van der Waals surface area contributed by atoms with Gasteiger partial charge in [-0.25, -0.2) is 17.6 Å². The molecule has 0 aliphatic rings. The van der Waals surface area contributed by atoms with Crippen LogP contribution in [0.15, 0.2) is 36.4 Å². The SMILES string of the molecule is OC(CNc1cc(F)cc(F)c1)c1c(F)cccc1F. The smallest absolute Gasteiger partial charge is 0.132 e. The molecule has 2 nitrogen and oxygen atoms in total. The predicted molar refractivity (Wildman–Crippen MR) is 66.2 cm³/mol. The fraction of sp³-hybridized carbons (Fsp3) is 0.143. The zero-order valence-electron chi connectivity index (χ0n) is 10.2. The molecule has 0 aliphatic carbocycles. The van der Waals surface area contributed by atoms with Gasteiger partial charge in [0.2, 0.25) is 0 Å². The lowest BCUT2D eigenvalue weighted by atomic mass is 10.1. The Morgan fingerprint density at radius 3 is 2.05 bits per heavy atom. The first kappa shape index (κ1) is 14.3. The molecule has 0 saturated carbocycles. The fourth-order valence-corrected chi connectivity index (χ4v) is 1.80. The average Bonchev–Trinajstić information content (AvgIpc) is 2.35. The molecule has 0 heterocycles. The number of aliphatic hydroxyl groups excluding tert-OH is 1. The molecule has 1 atom stereocenters.